The number of Topliss-reactive ketones (excluding diaryl/α,β-unsaturated/α-hetero) is 2. The van der Waals surface area contributed by atoms with Crippen molar-refractivity contribution in [2.24, 2.45) is 5.92 Å². The van der Waals surface area contributed by atoms with Crippen molar-refractivity contribution in [1.82, 2.24) is 0 Å². The highest BCUT2D eigenvalue weighted by Crippen LogP contribution is 2.12. The van der Waals surface area contributed by atoms with E-state index in [0.717, 1.165) is 11.5 Å². The van der Waals surface area contributed by atoms with Crippen LogP contribution in [-0.2, 0) is 20.5 Å². The zero-order valence-electron chi connectivity index (χ0n) is 8.34. The molecule has 1 aliphatic heterocycles. The molecule has 1 aliphatic rings. The molecule has 0 aromatic heterocycles. The second kappa shape index (κ2) is 4.80. The third-order valence-electron chi connectivity index (χ3n) is 2.33. The molecule has 0 aromatic carbocycles. The van der Waals surface area contributed by atoms with E-state index in [9.17, 15) is 9.59 Å². The molecule has 1 saturated heterocycles. The Morgan fingerprint density at radius 1 is 1.38 bits per heavy atom. The number of hydrogen-bond donors (Lipinski definition) is 0. The predicted molar refractivity (Wildman–Crippen MR) is 56.1 cm³/mol. The average Bonchev–Trinajstić information content (AvgIpc) is 2.08. The van der Waals surface area contributed by atoms with Gasteiger partial charge in [0.25, 0.3) is 0 Å². The summed E-state index contributed by atoms with van der Waals surface area (Å²) < 4.78 is 0. The van der Waals surface area contributed by atoms with E-state index < -0.39 is 0 Å². The molecule has 0 bridgehead atoms. The zero-order chi connectivity index (χ0) is 9.84. The quantitative estimate of drug-likeness (QED) is 0.643. The molecule has 0 spiro atoms. The van der Waals surface area contributed by atoms with Crippen LogP contribution in [0.5, 0.6) is 0 Å². The summed E-state index contributed by atoms with van der Waals surface area (Å²) in [6.45, 7) is 3.89. The number of rotatable bonds is 3. The average molecular weight is 201 g/mol. The second-order valence-corrected chi connectivity index (χ2v) is 6.15. The summed E-state index contributed by atoms with van der Waals surface area (Å²) in [4.78, 5) is 22.4. The molecule has 3 heteroatoms. The molecular weight excluding hydrogens is 184 g/mol. The molecule has 1 rings (SSSR count). The lowest BCUT2D eigenvalue weighted by atomic mass is 10.1. The fourth-order valence-electron chi connectivity index (χ4n) is 1.26. The summed E-state index contributed by atoms with van der Waals surface area (Å²) in [6.07, 6.45) is 1.41. The van der Waals surface area contributed by atoms with E-state index in [0.29, 0.717) is 30.2 Å². The Bertz CT molecular complexity index is 201. The van der Waals surface area contributed by atoms with Crippen molar-refractivity contribution in [2.45, 2.75) is 26.7 Å². The van der Waals surface area contributed by atoms with E-state index in [-0.39, 0.29) is 16.8 Å². The minimum absolute atomic E-state index is 0.158. The largest absolute Gasteiger partial charge is 0.299 e. The molecule has 1 fully saturated rings. The summed E-state index contributed by atoms with van der Waals surface area (Å²) in [5, 5.41) is 0. The topological polar surface area (TPSA) is 34.1 Å². The molecule has 0 aromatic rings. The molecule has 0 radical (unpaired) electrons. The fourth-order valence-corrected chi connectivity index (χ4v) is 3.52. The Labute approximate surface area is 82.4 Å². The molecular formula is C10H17O2S+. The van der Waals surface area contributed by atoms with Crippen LogP contribution in [0.3, 0.4) is 0 Å². The molecule has 0 atom stereocenters. The van der Waals surface area contributed by atoms with Gasteiger partial charge in [0.2, 0.25) is 0 Å². The summed E-state index contributed by atoms with van der Waals surface area (Å²) in [6, 6.07) is 0. The number of carbonyl (C=O) groups excluding carboxylic acids is 2. The maximum Gasteiger partial charge on any atom is 0.184 e. The van der Waals surface area contributed by atoms with Crippen molar-refractivity contribution in [3.05, 3.63) is 0 Å². The fraction of sp³-hybridized carbons (Fsp3) is 0.800. The minimum atomic E-state index is 0.158. The predicted octanol–water partition coefficient (Wildman–Crippen LogP) is 1.19. The molecule has 13 heavy (non-hydrogen) atoms. The lowest BCUT2D eigenvalue weighted by Gasteiger charge is -2.13. The third-order valence-corrected chi connectivity index (χ3v) is 4.59. The van der Waals surface area contributed by atoms with Gasteiger partial charge in [-0.3, -0.25) is 9.59 Å². The third kappa shape index (κ3) is 3.51. The van der Waals surface area contributed by atoms with Crippen LogP contribution < -0.4 is 0 Å². The Morgan fingerprint density at radius 3 is 2.38 bits per heavy atom. The van der Waals surface area contributed by atoms with Gasteiger partial charge in [-0.2, -0.15) is 0 Å². The number of carbonyl (C=O) groups is 2. The summed E-state index contributed by atoms with van der Waals surface area (Å²) in [5.41, 5.74) is 0. The number of ketones is 2. The van der Waals surface area contributed by atoms with Crippen LogP contribution in [0, 0.1) is 5.92 Å². The monoisotopic (exact) mass is 201 g/mol. The lowest BCUT2D eigenvalue weighted by molar-refractivity contribution is -0.120. The van der Waals surface area contributed by atoms with Crippen LogP contribution >= 0.6 is 0 Å². The van der Waals surface area contributed by atoms with E-state index in [1.54, 1.807) is 0 Å². The Balaban J connectivity index is 2.30. The van der Waals surface area contributed by atoms with E-state index in [1.165, 1.54) is 0 Å². The summed E-state index contributed by atoms with van der Waals surface area (Å²) >= 11 is 0. The van der Waals surface area contributed by atoms with Crippen molar-refractivity contribution < 1.29 is 9.59 Å². The molecule has 0 N–H and O–H groups in total. The van der Waals surface area contributed by atoms with Gasteiger partial charge in [-0.25, -0.2) is 0 Å². The Morgan fingerprint density at radius 2 is 1.92 bits per heavy atom. The SMILES string of the molecule is CC(C)C(=O)C[S+]1CCC(=O)CC1. The van der Waals surface area contributed by atoms with E-state index >= 15 is 0 Å². The van der Waals surface area contributed by atoms with Gasteiger partial charge < -0.3 is 0 Å². The van der Waals surface area contributed by atoms with E-state index in [1.807, 2.05) is 13.8 Å². The van der Waals surface area contributed by atoms with Crippen molar-refractivity contribution in [2.75, 3.05) is 17.3 Å². The van der Waals surface area contributed by atoms with Crippen LogP contribution in [0.2, 0.25) is 0 Å². The van der Waals surface area contributed by atoms with Crippen LogP contribution in [-0.4, -0.2) is 28.8 Å². The molecule has 0 saturated carbocycles. The number of hydrogen-bond acceptors (Lipinski definition) is 2. The lowest BCUT2D eigenvalue weighted by Crippen LogP contribution is -2.30. The highest BCUT2D eigenvalue weighted by atomic mass is 32.2. The smallest absolute Gasteiger partial charge is 0.184 e. The highest BCUT2D eigenvalue weighted by molar-refractivity contribution is 7.97. The van der Waals surface area contributed by atoms with Crippen LogP contribution in [0.4, 0.5) is 0 Å². The standard InChI is InChI=1S/C10H17O2S/c1-8(2)10(12)7-13-5-3-9(11)4-6-13/h8H,3-7H2,1-2H3/q+1. The minimum Gasteiger partial charge on any atom is -0.299 e. The van der Waals surface area contributed by atoms with Gasteiger partial charge in [-0.05, 0) is 10.9 Å². The Hall–Kier alpha value is -0.310. The first-order valence-electron chi connectivity index (χ1n) is 4.78. The van der Waals surface area contributed by atoms with Crippen LogP contribution in [0.15, 0.2) is 0 Å². The maximum absolute atomic E-state index is 11.4. The first-order chi connectivity index (χ1) is 6.09. The van der Waals surface area contributed by atoms with Crippen molar-refractivity contribution >= 4 is 22.5 Å². The first-order valence-corrected chi connectivity index (χ1v) is 6.51. The van der Waals surface area contributed by atoms with E-state index in [2.05, 4.69) is 0 Å². The highest BCUT2D eigenvalue weighted by Gasteiger charge is 2.29. The molecule has 0 unspecified atom stereocenters. The van der Waals surface area contributed by atoms with E-state index in [4.69, 9.17) is 0 Å². The van der Waals surface area contributed by atoms with Crippen LogP contribution in [0.25, 0.3) is 0 Å². The first kappa shape index (κ1) is 10.8. The van der Waals surface area contributed by atoms with Crippen molar-refractivity contribution in [3.63, 3.8) is 0 Å². The molecule has 1 heterocycles. The zero-order valence-corrected chi connectivity index (χ0v) is 9.15. The van der Waals surface area contributed by atoms with Crippen molar-refractivity contribution in [3.8, 4) is 0 Å². The van der Waals surface area contributed by atoms with Gasteiger partial charge in [-0.15, -0.1) is 0 Å². The summed E-state index contributed by atoms with van der Waals surface area (Å²) in [7, 11) is 0.214. The molecule has 2 nitrogen and oxygen atoms in total. The molecule has 0 amide bonds. The molecule has 74 valence electrons. The van der Waals surface area contributed by atoms with Gasteiger partial charge in [0.1, 0.15) is 17.3 Å². The van der Waals surface area contributed by atoms with Gasteiger partial charge in [0, 0.05) is 5.92 Å². The van der Waals surface area contributed by atoms with Gasteiger partial charge in [-0.1, -0.05) is 13.8 Å². The normalized spacial score (nSPS) is 19.5. The summed E-state index contributed by atoms with van der Waals surface area (Å²) in [5.74, 6) is 3.52. The second-order valence-electron chi connectivity index (χ2n) is 3.82. The Kier molecular flexibility index (Phi) is 3.97. The van der Waals surface area contributed by atoms with Gasteiger partial charge >= 0.3 is 0 Å². The molecule has 0 aliphatic carbocycles. The van der Waals surface area contributed by atoms with Gasteiger partial charge in [0.15, 0.2) is 11.5 Å². The maximum atomic E-state index is 11.4. The van der Waals surface area contributed by atoms with Crippen LogP contribution in [0.1, 0.15) is 26.7 Å². The van der Waals surface area contributed by atoms with Crippen molar-refractivity contribution in [1.29, 1.82) is 0 Å². The van der Waals surface area contributed by atoms with Gasteiger partial charge in [0.05, 0.1) is 12.8 Å².